The lowest BCUT2D eigenvalue weighted by Crippen LogP contribution is -2.26. The zero-order valence-corrected chi connectivity index (χ0v) is 17.0. The topological polar surface area (TPSA) is 39.2 Å². The van der Waals surface area contributed by atoms with E-state index in [1.807, 2.05) is 33.0 Å². The molecule has 0 radical (unpaired) electrons. The SMILES string of the molecule is CC(C)(C)OC(=O)C1C(c2ncc(SCc3ccccc3)s2)C1(C)C. The van der Waals surface area contributed by atoms with Gasteiger partial charge in [-0.05, 0) is 31.7 Å². The molecule has 1 aliphatic carbocycles. The van der Waals surface area contributed by atoms with Crippen LogP contribution < -0.4 is 0 Å². The second-order valence-corrected chi connectivity index (χ2v) is 10.4. The number of esters is 1. The summed E-state index contributed by atoms with van der Waals surface area (Å²) in [4.78, 5) is 17.1. The van der Waals surface area contributed by atoms with Gasteiger partial charge < -0.3 is 4.74 Å². The second kappa shape index (κ2) is 6.76. The Balaban J connectivity index is 1.65. The van der Waals surface area contributed by atoms with Gasteiger partial charge in [0.2, 0.25) is 0 Å². The third-order valence-corrected chi connectivity index (χ3v) is 6.83. The third-order valence-electron chi connectivity index (χ3n) is 4.48. The van der Waals surface area contributed by atoms with E-state index in [1.54, 1.807) is 23.1 Å². The Labute approximate surface area is 158 Å². The van der Waals surface area contributed by atoms with Crippen LogP contribution >= 0.6 is 23.1 Å². The summed E-state index contributed by atoms with van der Waals surface area (Å²) in [5.74, 6) is 0.908. The van der Waals surface area contributed by atoms with Crippen LogP contribution in [-0.4, -0.2) is 16.6 Å². The van der Waals surface area contributed by atoms with Gasteiger partial charge in [0, 0.05) is 11.7 Å². The molecule has 0 N–H and O–H groups in total. The van der Waals surface area contributed by atoms with Crippen molar-refractivity contribution in [3.05, 3.63) is 47.1 Å². The van der Waals surface area contributed by atoms with Crippen molar-refractivity contribution < 1.29 is 9.53 Å². The zero-order chi connectivity index (χ0) is 18.2. The molecule has 2 atom stereocenters. The van der Waals surface area contributed by atoms with Crippen LogP contribution in [0.2, 0.25) is 0 Å². The fraction of sp³-hybridized carbons (Fsp3) is 0.500. The van der Waals surface area contributed by atoms with E-state index in [4.69, 9.17) is 4.74 Å². The van der Waals surface area contributed by atoms with Crippen LogP contribution in [0.15, 0.2) is 40.7 Å². The normalized spacial score (nSPS) is 21.8. The van der Waals surface area contributed by atoms with Crippen LogP contribution in [0.4, 0.5) is 0 Å². The minimum atomic E-state index is -0.445. The fourth-order valence-electron chi connectivity index (χ4n) is 3.12. The van der Waals surface area contributed by atoms with Gasteiger partial charge in [0.25, 0.3) is 0 Å². The van der Waals surface area contributed by atoms with Gasteiger partial charge in [-0.15, -0.1) is 23.1 Å². The summed E-state index contributed by atoms with van der Waals surface area (Å²) in [6, 6.07) is 10.4. The van der Waals surface area contributed by atoms with Crippen molar-refractivity contribution in [2.45, 2.75) is 56.1 Å². The molecule has 2 unspecified atom stereocenters. The molecule has 1 saturated carbocycles. The molecule has 0 saturated heterocycles. The first-order valence-electron chi connectivity index (χ1n) is 8.54. The van der Waals surface area contributed by atoms with Crippen LogP contribution in [-0.2, 0) is 15.3 Å². The first-order valence-corrected chi connectivity index (χ1v) is 10.3. The molecule has 0 aliphatic heterocycles. The zero-order valence-electron chi connectivity index (χ0n) is 15.4. The molecular formula is C20H25NO2S2. The Hall–Kier alpha value is -1.33. The van der Waals surface area contributed by atoms with Crippen LogP contribution in [0, 0.1) is 11.3 Å². The monoisotopic (exact) mass is 375 g/mol. The van der Waals surface area contributed by atoms with Gasteiger partial charge >= 0.3 is 5.97 Å². The Bertz CT molecular complexity index is 747. The number of thiazole rings is 1. The lowest BCUT2D eigenvalue weighted by atomic mass is 10.1. The number of benzene rings is 1. The maximum atomic E-state index is 12.5. The van der Waals surface area contributed by atoms with Crippen molar-refractivity contribution in [3.8, 4) is 0 Å². The van der Waals surface area contributed by atoms with Crippen molar-refractivity contribution in [3.63, 3.8) is 0 Å². The van der Waals surface area contributed by atoms with Gasteiger partial charge in [0.15, 0.2) is 0 Å². The van der Waals surface area contributed by atoms with E-state index in [9.17, 15) is 4.79 Å². The summed E-state index contributed by atoms with van der Waals surface area (Å²) >= 11 is 3.51. The lowest BCUT2D eigenvalue weighted by Gasteiger charge is -2.19. The molecule has 5 heteroatoms. The molecule has 1 heterocycles. The standard InChI is InChI=1S/C20H25NO2S2/c1-19(2,3)23-18(22)16-15(20(16,4)5)17-21-11-14(25-17)24-12-13-9-7-6-8-10-13/h6-11,15-16H,12H2,1-5H3. The van der Waals surface area contributed by atoms with Gasteiger partial charge in [-0.1, -0.05) is 44.2 Å². The van der Waals surface area contributed by atoms with Gasteiger partial charge in [-0.2, -0.15) is 0 Å². The molecule has 3 rings (SSSR count). The highest BCUT2D eigenvalue weighted by Crippen LogP contribution is 2.65. The Morgan fingerprint density at radius 3 is 2.60 bits per heavy atom. The first kappa shape index (κ1) is 18.5. The minimum Gasteiger partial charge on any atom is -0.460 e. The molecular weight excluding hydrogens is 350 g/mol. The molecule has 1 aromatic heterocycles. The summed E-state index contributed by atoms with van der Waals surface area (Å²) in [7, 11) is 0. The molecule has 0 bridgehead atoms. The fourth-order valence-corrected chi connectivity index (χ4v) is 5.40. The van der Waals surface area contributed by atoms with Crippen molar-refractivity contribution in [2.75, 3.05) is 0 Å². The number of nitrogens with zero attached hydrogens (tertiary/aromatic N) is 1. The largest absolute Gasteiger partial charge is 0.460 e. The van der Waals surface area contributed by atoms with Crippen LogP contribution in [0.5, 0.6) is 0 Å². The summed E-state index contributed by atoms with van der Waals surface area (Å²) in [6.07, 6.45) is 1.94. The third kappa shape index (κ3) is 4.26. The molecule has 1 fully saturated rings. The van der Waals surface area contributed by atoms with Gasteiger partial charge in [0.05, 0.1) is 21.3 Å². The van der Waals surface area contributed by atoms with E-state index in [2.05, 4.69) is 43.1 Å². The Morgan fingerprint density at radius 2 is 1.96 bits per heavy atom. The van der Waals surface area contributed by atoms with Crippen molar-refractivity contribution in [2.24, 2.45) is 11.3 Å². The highest BCUT2D eigenvalue weighted by atomic mass is 32.2. The number of hydrogen-bond acceptors (Lipinski definition) is 5. The van der Waals surface area contributed by atoms with Crippen LogP contribution in [0.1, 0.15) is 51.1 Å². The lowest BCUT2D eigenvalue weighted by molar-refractivity contribution is -0.157. The van der Waals surface area contributed by atoms with Gasteiger partial charge in [-0.3, -0.25) is 4.79 Å². The molecule has 3 nitrogen and oxygen atoms in total. The number of ether oxygens (including phenoxy) is 1. The summed E-state index contributed by atoms with van der Waals surface area (Å²) in [5, 5.41) is 1.05. The Morgan fingerprint density at radius 1 is 1.28 bits per heavy atom. The van der Waals surface area contributed by atoms with Crippen LogP contribution in [0.25, 0.3) is 0 Å². The quantitative estimate of drug-likeness (QED) is 0.510. The highest BCUT2D eigenvalue weighted by molar-refractivity contribution is 8.00. The maximum absolute atomic E-state index is 12.5. The van der Waals surface area contributed by atoms with E-state index in [-0.39, 0.29) is 23.2 Å². The number of hydrogen-bond donors (Lipinski definition) is 0. The first-order chi connectivity index (χ1) is 11.7. The number of carbonyl (C=O) groups excluding carboxylic acids is 1. The Kier molecular flexibility index (Phi) is 5.00. The maximum Gasteiger partial charge on any atom is 0.310 e. The van der Waals surface area contributed by atoms with E-state index in [0.717, 1.165) is 10.8 Å². The summed E-state index contributed by atoms with van der Waals surface area (Å²) in [6.45, 7) is 10.00. The average Bonchev–Trinajstić information content (AvgIpc) is 2.88. The molecule has 1 aromatic carbocycles. The number of rotatable bonds is 5. The minimum absolute atomic E-state index is 0.0818. The summed E-state index contributed by atoms with van der Waals surface area (Å²) < 4.78 is 6.79. The van der Waals surface area contributed by atoms with E-state index < -0.39 is 5.60 Å². The predicted molar refractivity (Wildman–Crippen MR) is 104 cm³/mol. The number of aromatic nitrogens is 1. The smallest absolute Gasteiger partial charge is 0.310 e. The number of thioether (sulfide) groups is 1. The van der Waals surface area contributed by atoms with Crippen molar-refractivity contribution >= 4 is 29.1 Å². The van der Waals surface area contributed by atoms with Gasteiger partial charge in [-0.25, -0.2) is 4.98 Å². The van der Waals surface area contributed by atoms with E-state index in [1.165, 1.54) is 9.77 Å². The average molecular weight is 376 g/mol. The second-order valence-electron chi connectivity index (χ2n) is 8.10. The van der Waals surface area contributed by atoms with Gasteiger partial charge in [0.1, 0.15) is 5.60 Å². The van der Waals surface area contributed by atoms with Crippen molar-refractivity contribution in [1.82, 2.24) is 4.98 Å². The molecule has 2 aromatic rings. The molecule has 134 valence electrons. The summed E-state index contributed by atoms with van der Waals surface area (Å²) in [5.41, 5.74) is 0.780. The van der Waals surface area contributed by atoms with Crippen LogP contribution in [0.3, 0.4) is 0 Å². The highest BCUT2D eigenvalue weighted by Gasteiger charge is 2.65. The van der Waals surface area contributed by atoms with Crippen molar-refractivity contribution in [1.29, 1.82) is 0 Å². The molecule has 25 heavy (non-hydrogen) atoms. The number of carbonyl (C=O) groups is 1. The molecule has 0 spiro atoms. The predicted octanol–water partition coefficient (Wildman–Crippen LogP) is 5.52. The van der Waals surface area contributed by atoms with E-state index in [0.29, 0.717) is 0 Å². The molecule has 0 amide bonds. The molecule has 1 aliphatic rings. The van der Waals surface area contributed by atoms with E-state index >= 15 is 0 Å².